The van der Waals surface area contributed by atoms with Crippen LogP contribution in [0.25, 0.3) is 0 Å². The van der Waals surface area contributed by atoms with Gasteiger partial charge < -0.3 is 11.1 Å². The van der Waals surface area contributed by atoms with E-state index in [0.717, 1.165) is 6.54 Å². The molecule has 1 rings (SSSR count). The maximum absolute atomic E-state index is 6.02. The molecule has 2 heteroatoms. The molecule has 72 valence electrons. The highest BCUT2D eigenvalue weighted by molar-refractivity contribution is 4.98. The molecule has 0 saturated heterocycles. The average Bonchev–Trinajstić information content (AvgIpc) is 2.62. The monoisotopic (exact) mass is 170 g/mol. The first kappa shape index (κ1) is 10.0. The number of nitrogens with one attached hydrogen (secondary N) is 1. The maximum Gasteiger partial charge on any atom is 0.0214 e. The summed E-state index contributed by atoms with van der Waals surface area (Å²) in [4.78, 5) is 0. The fourth-order valence-corrected chi connectivity index (χ4v) is 1.03. The molecule has 12 heavy (non-hydrogen) atoms. The van der Waals surface area contributed by atoms with Crippen LogP contribution >= 0.6 is 0 Å². The highest BCUT2D eigenvalue weighted by Crippen LogP contribution is 2.34. The summed E-state index contributed by atoms with van der Waals surface area (Å²) < 4.78 is 0. The van der Waals surface area contributed by atoms with E-state index >= 15 is 0 Å². The molecule has 1 aliphatic carbocycles. The number of hydrogen-bond donors (Lipinski definition) is 2. The third kappa shape index (κ3) is 2.76. The first-order chi connectivity index (χ1) is 5.33. The zero-order valence-electron chi connectivity index (χ0n) is 8.78. The second-order valence-electron chi connectivity index (χ2n) is 5.41. The van der Waals surface area contributed by atoms with E-state index in [9.17, 15) is 0 Å². The molecule has 1 unspecified atom stereocenters. The Hall–Kier alpha value is -0.0800. The van der Waals surface area contributed by atoms with Crippen molar-refractivity contribution in [3.05, 3.63) is 0 Å². The van der Waals surface area contributed by atoms with Crippen LogP contribution in [0.1, 0.15) is 40.5 Å². The lowest BCUT2D eigenvalue weighted by Gasteiger charge is -2.28. The van der Waals surface area contributed by atoms with E-state index in [1.165, 1.54) is 12.8 Å². The van der Waals surface area contributed by atoms with Crippen molar-refractivity contribution in [3.63, 3.8) is 0 Å². The summed E-state index contributed by atoms with van der Waals surface area (Å²) in [5.74, 6) is 0. The van der Waals surface area contributed by atoms with Gasteiger partial charge in [0.25, 0.3) is 0 Å². The minimum absolute atomic E-state index is 0.220. The molecule has 0 amide bonds. The molecule has 1 aliphatic rings. The van der Waals surface area contributed by atoms with Crippen LogP contribution in [0, 0.1) is 5.41 Å². The zero-order valence-corrected chi connectivity index (χ0v) is 8.78. The van der Waals surface area contributed by atoms with E-state index < -0.39 is 0 Å². The van der Waals surface area contributed by atoms with Gasteiger partial charge in [-0.15, -0.1) is 0 Å². The Balaban J connectivity index is 2.23. The van der Waals surface area contributed by atoms with Crippen LogP contribution in [-0.4, -0.2) is 18.1 Å². The van der Waals surface area contributed by atoms with Gasteiger partial charge in [-0.25, -0.2) is 0 Å². The van der Waals surface area contributed by atoms with Gasteiger partial charge in [0.15, 0.2) is 0 Å². The molecule has 0 aliphatic heterocycles. The molecular formula is C10H22N2. The van der Waals surface area contributed by atoms with Crippen LogP contribution in [-0.2, 0) is 0 Å². The van der Waals surface area contributed by atoms with Crippen molar-refractivity contribution in [1.29, 1.82) is 0 Å². The van der Waals surface area contributed by atoms with E-state index in [0.29, 0.717) is 5.54 Å². The third-order valence-corrected chi connectivity index (χ3v) is 2.86. The molecule has 0 heterocycles. The first-order valence-electron chi connectivity index (χ1n) is 4.84. The molecule has 1 atom stereocenters. The Kier molecular flexibility index (Phi) is 2.50. The highest BCUT2D eigenvalue weighted by atomic mass is 15.0. The van der Waals surface area contributed by atoms with Crippen LogP contribution in [0.3, 0.4) is 0 Å². The number of nitrogens with two attached hydrogens (primary N) is 1. The Morgan fingerprint density at radius 3 is 2.25 bits per heavy atom. The van der Waals surface area contributed by atoms with Gasteiger partial charge in [-0.05, 0) is 25.2 Å². The summed E-state index contributed by atoms with van der Waals surface area (Å²) >= 11 is 0. The molecule has 0 aromatic carbocycles. The predicted molar refractivity (Wildman–Crippen MR) is 53.1 cm³/mol. The van der Waals surface area contributed by atoms with Gasteiger partial charge >= 0.3 is 0 Å². The molecule has 1 fully saturated rings. The van der Waals surface area contributed by atoms with E-state index in [-0.39, 0.29) is 11.5 Å². The quantitative estimate of drug-likeness (QED) is 0.673. The van der Waals surface area contributed by atoms with Crippen molar-refractivity contribution in [3.8, 4) is 0 Å². The largest absolute Gasteiger partial charge is 0.326 e. The predicted octanol–water partition coefficient (Wildman–Crippen LogP) is 1.50. The molecular weight excluding hydrogens is 148 g/mol. The van der Waals surface area contributed by atoms with E-state index in [1.807, 2.05) is 0 Å². The lowest BCUT2D eigenvalue weighted by molar-refractivity contribution is 0.299. The van der Waals surface area contributed by atoms with Crippen molar-refractivity contribution in [2.24, 2.45) is 11.1 Å². The van der Waals surface area contributed by atoms with E-state index in [2.05, 4.69) is 33.0 Å². The summed E-state index contributed by atoms with van der Waals surface area (Å²) in [6.45, 7) is 9.78. The van der Waals surface area contributed by atoms with Crippen molar-refractivity contribution >= 4 is 0 Å². The zero-order chi connectivity index (χ0) is 9.41. The summed E-state index contributed by atoms with van der Waals surface area (Å²) in [7, 11) is 0. The third-order valence-electron chi connectivity index (χ3n) is 2.86. The molecule has 0 radical (unpaired) electrons. The Labute approximate surface area is 75.9 Å². The molecule has 0 aromatic heterocycles. The van der Waals surface area contributed by atoms with Gasteiger partial charge in [0.1, 0.15) is 0 Å². The molecule has 3 N–H and O–H groups in total. The van der Waals surface area contributed by atoms with Crippen LogP contribution in [0.2, 0.25) is 0 Å². The van der Waals surface area contributed by atoms with E-state index in [4.69, 9.17) is 5.73 Å². The van der Waals surface area contributed by atoms with Crippen molar-refractivity contribution in [2.45, 2.75) is 52.1 Å². The standard InChI is InChI=1S/C10H22N2/c1-9(2,3)8(11)7-12-10(4)5-6-10/h8,12H,5-7,11H2,1-4H3. The van der Waals surface area contributed by atoms with Crippen LogP contribution < -0.4 is 11.1 Å². The lowest BCUT2D eigenvalue weighted by Crippen LogP contribution is -2.46. The van der Waals surface area contributed by atoms with Crippen molar-refractivity contribution < 1.29 is 0 Å². The van der Waals surface area contributed by atoms with Gasteiger partial charge in [0.2, 0.25) is 0 Å². The molecule has 1 saturated carbocycles. The number of hydrogen-bond acceptors (Lipinski definition) is 2. The smallest absolute Gasteiger partial charge is 0.0214 e. The van der Waals surface area contributed by atoms with Crippen molar-refractivity contribution in [1.82, 2.24) is 5.32 Å². The van der Waals surface area contributed by atoms with Gasteiger partial charge in [-0.3, -0.25) is 0 Å². The second-order valence-corrected chi connectivity index (χ2v) is 5.41. The molecule has 0 bridgehead atoms. The van der Waals surface area contributed by atoms with Crippen LogP contribution in [0.15, 0.2) is 0 Å². The summed E-state index contributed by atoms with van der Waals surface area (Å²) in [6, 6.07) is 0.259. The summed E-state index contributed by atoms with van der Waals surface area (Å²) in [6.07, 6.45) is 2.62. The summed E-state index contributed by atoms with van der Waals surface area (Å²) in [5, 5.41) is 3.51. The second kappa shape index (κ2) is 3.00. The van der Waals surface area contributed by atoms with Gasteiger partial charge in [-0.1, -0.05) is 20.8 Å². The highest BCUT2D eigenvalue weighted by Gasteiger charge is 2.37. The minimum atomic E-state index is 0.220. The van der Waals surface area contributed by atoms with E-state index in [1.54, 1.807) is 0 Å². The lowest BCUT2D eigenvalue weighted by atomic mass is 9.87. The van der Waals surface area contributed by atoms with Crippen LogP contribution in [0.4, 0.5) is 0 Å². The molecule has 0 spiro atoms. The fraction of sp³-hybridized carbons (Fsp3) is 1.00. The van der Waals surface area contributed by atoms with Gasteiger partial charge in [0.05, 0.1) is 0 Å². The molecule has 2 nitrogen and oxygen atoms in total. The average molecular weight is 170 g/mol. The Bertz CT molecular complexity index is 154. The topological polar surface area (TPSA) is 38.0 Å². The molecule has 0 aromatic rings. The Morgan fingerprint density at radius 2 is 1.92 bits per heavy atom. The van der Waals surface area contributed by atoms with Gasteiger partial charge in [0, 0.05) is 18.1 Å². The fourth-order valence-electron chi connectivity index (χ4n) is 1.03. The Morgan fingerprint density at radius 1 is 1.42 bits per heavy atom. The maximum atomic E-state index is 6.02. The SMILES string of the molecule is CC1(NCC(N)C(C)(C)C)CC1. The van der Waals surface area contributed by atoms with Crippen molar-refractivity contribution in [2.75, 3.05) is 6.54 Å². The van der Waals surface area contributed by atoms with Crippen LogP contribution in [0.5, 0.6) is 0 Å². The normalized spacial score (nSPS) is 23.8. The first-order valence-corrected chi connectivity index (χ1v) is 4.84. The van der Waals surface area contributed by atoms with Gasteiger partial charge in [-0.2, -0.15) is 0 Å². The summed E-state index contributed by atoms with van der Waals surface area (Å²) in [5.41, 5.74) is 6.66. The number of rotatable bonds is 3. The minimum Gasteiger partial charge on any atom is -0.326 e.